The van der Waals surface area contributed by atoms with E-state index < -0.39 is 30.2 Å². The normalized spacial score (nSPS) is 14.8. The summed E-state index contributed by atoms with van der Waals surface area (Å²) < 4.78 is 39.6. The Labute approximate surface area is 113 Å². The molecule has 0 spiro atoms. The van der Waals surface area contributed by atoms with E-state index in [0.29, 0.717) is 0 Å². The van der Waals surface area contributed by atoms with Crippen LogP contribution in [0.1, 0.15) is 11.7 Å². The van der Waals surface area contributed by atoms with E-state index >= 15 is 0 Å². The van der Waals surface area contributed by atoms with Crippen molar-refractivity contribution in [2.24, 2.45) is 5.73 Å². The predicted molar refractivity (Wildman–Crippen MR) is 61.0 cm³/mol. The molecule has 1 amide bonds. The highest BCUT2D eigenvalue weighted by Crippen LogP contribution is 2.31. The third-order valence-corrected chi connectivity index (χ3v) is 2.80. The topological polar surface area (TPSA) is 92.8 Å². The van der Waals surface area contributed by atoms with Crippen molar-refractivity contribution >= 4 is 21.8 Å². The van der Waals surface area contributed by atoms with Crippen LogP contribution in [-0.2, 0) is 4.79 Å². The first-order chi connectivity index (χ1) is 8.61. The highest BCUT2D eigenvalue weighted by Gasteiger charge is 2.32. The van der Waals surface area contributed by atoms with E-state index in [1.807, 2.05) is 0 Å². The second kappa shape index (κ2) is 5.76. The number of nitrogens with two attached hydrogens (primary N) is 1. The number of halogens is 4. The number of aliphatic hydroxyl groups is 2. The Bertz CT molecular complexity index is 480. The molecule has 106 valence electrons. The average molecular weight is 344 g/mol. The second-order valence-electron chi connectivity index (χ2n) is 3.52. The molecule has 2 atom stereocenters. The minimum Gasteiger partial charge on any atom is -0.406 e. The van der Waals surface area contributed by atoms with Crippen LogP contribution in [0.4, 0.5) is 13.2 Å². The SMILES string of the molecule is NC(=O)C(O)C(O)c1ccc(OC(F)(F)F)cc1Br. The van der Waals surface area contributed by atoms with Gasteiger partial charge in [-0.25, -0.2) is 0 Å². The van der Waals surface area contributed by atoms with Crippen molar-refractivity contribution in [2.45, 2.75) is 18.6 Å². The largest absolute Gasteiger partial charge is 0.573 e. The smallest absolute Gasteiger partial charge is 0.406 e. The molecule has 19 heavy (non-hydrogen) atoms. The molecule has 1 rings (SSSR count). The highest BCUT2D eigenvalue weighted by molar-refractivity contribution is 9.10. The van der Waals surface area contributed by atoms with Crippen LogP contribution in [0.25, 0.3) is 0 Å². The van der Waals surface area contributed by atoms with Crippen molar-refractivity contribution in [3.8, 4) is 5.75 Å². The number of ether oxygens (including phenoxy) is 1. The zero-order valence-corrected chi connectivity index (χ0v) is 10.8. The summed E-state index contributed by atoms with van der Waals surface area (Å²) in [6.07, 6.45) is -8.37. The molecule has 9 heteroatoms. The highest BCUT2D eigenvalue weighted by atomic mass is 79.9. The van der Waals surface area contributed by atoms with Crippen molar-refractivity contribution in [1.82, 2.24) is 0 Å². The molecule has 0 heterocycles. The Morgan fingerprint density at radius 2 is 1.95 bits per heavy atom. The summed E-state index contributed by atoms with van der Waals surface area (Å²) in [7, 11) is 0. The fourth-order valence-electron chi connectivity index (χ4n) is 1.27. The lowest BCUT2D eigenvalue weighted by molar-refractivity contribution is -0.274. The van der Waals surface area contributed by atoms with Crippen LogP contribution in [0, 0.1) is 0 Å². The van der Waals surface area contributed by atoms with Crippen LogP contribution in [0.15, 0.2) is 22.7 Å². The molecule has 5 nitrogen and oxygen atoms in total. The fraction of sp³-hybridized carbons (Fsp3) is 0.300. The van der Waals surface area contributed by atoms with Gasteiger partial charge in [0.15, 0.2) is 6.10 Å². The molecule has 0 aliphatic heterocycles. The molecule has 1 aromatic carbocycles. The van der Waals surface area contributed by atoms with E-state index in [9.17, 15) is 28.2 Å². The molecule has 0 saturated carbocycles. The van der Waals surface area contributed by atoms with Gasteiger partial charge >= 0.3 is 6.36 Å². The summed E-state index contributed by atoms with van der Waals surface area (Å²) >= 11 is 2.90. The second-order valence-corrected chi connectivity index (χ2v) is 4.38. The van der Waals surface area contributed by atoms with Crippen molar-refractivity contribution in [1.29, 1.82) is 0 Å². The first kappa shape index (κ1) is 15.7. The summed E-state index contributed by atoms with van der Waals surface area (Å²) in [5.74, 6) is -1.67. The van der Waals surface area contributed by atoms with Gasteiger partial charge in [-0.3, -0.25) is 4.79 Å². The van der Waals surface area contributed by atoms with E-state index in [2.05, 4.69) is 20.7 Å². The van der Waals surface area contributed by atoms with E-state index in [0.717, 1.165) is 18.2 Å². The quantitative estimate of drug-likeness (QED) is 0.766. The number of rotatable bonds is 4. The van der Waals surface area contributed by atoms with Crippen molar-refractivity contribution in [3.05, 3.63) is 28.2 Å². The average Bonchev–Trinajstić information content (AvgIpc) is 2.25. The Balaban J connectivity index is 2.97. The monoisotopic (exact) mass is 343 g/mol. The molecule has 0 aliphatic carbocycles. The van der Waals surface area contributed by atoms with E-state index in [1.54, 1.807) is 0 Å². The summed E-state index contributed by atoms with van der Waals surface area (Å²) in [4.78, 5) is 10.7. The van der Waals surface area contributed by atoms with Crippen LogP contribution in [0.2, 0.25) is 0 Å². The van der Waals surface area contributed by atoms with Crippen molar-refractivity contribution in [3.63, 3.8) is 0 Å². The first-order valence-electron chi connectivity index (χ1n) is 4.82. The number of hydrogen-bond acceptors (Lipinski definition) is 4. The third-order valence-electron chi connectivity index (χ3n) is 2.11. The number of benzene rings is 1. The molecular weight excluding hydrogens is 335 g/mol. The molecule has 2 unspecified atom stereocenters. The number of alkyl halides is 3. The van der Waals surface area contributed by atoms with Gasteiger partial charge in [-0.15, -0.1) is 13.2 Å². The Hall–Kier alpha value is -1.32. The number of primary amides is 1. The van der Waals surface area contributed by atoms with E-state index in [1.165, 1.54) is 0 Å². The zero-order chi connectivity index (χ0) is 14.8. The fourth-order valence-corrected chi connectivity index (χ4v) is 1.86. The Kier molecular flexibility index (Phi) is 4.77. The van der Waals surface area contributed by atoms with E-state index in [-0.39, 0.29) is 10.0 Å². The van der Waals surface area contributed by atoms with Crippen LogP contribution >= 0.6 is 15.9 Å². The number of carbonyl (C=O) groups is 1. The van der Waals surface area contributed by atoms with Crippen molar-refractivity contribution in [2.75, 3.05) is 0 Å². The van der Waals surface area contributed by atoms with Crippen molar-refractivity contribution < 1.29 is 32.9 Å². The van der Waals surface area contributed by atoms with Gasteiger partial charge in [0.2, 0.25) is 5.91 Å². The molecule has 1 aromatic rings. The van der Waals surface area contributed by atoms with Gasteiger partial charge in [-0.1, -0.05) is 22.0 Å². The number of aliphatic hydroxyl groups excluding tert-OH is 2. The molecular formula is C10H9BrF3NO4. The summed E-state index contributed by atoms with van der Waals surface area (Å²) in [5, 5.41) is 18.9. The lowest BCUT2D eigenvalue weighted by Gasteiger charge is -2.17. The lowest BCUT2D eigenvalue weighted by atomic mass is 10.0. The summed E-state index contributed by atoms with van der Waals surface area (Å²) in [5.41, 5.74) is 4.80. The van der Waals surface area contributed by atoms with Gasteiger partial charge in [-0.05, 0) is 17.7 Å². The standard InChI is InChI=1S/C10H9BrF3NO4/c11-6-3-4(19-10(12,13)14)1-2-5(6)7(16)8(17)9(15)18/h1-3,7-8,16-17H,(H2,15,18). The molecule has 4 N–H and O–H groups in total. The lowest BCUT2D eigenvalue weighted by Crippen LogP contribution is -2.34. The first-order valence-corrected chi connectivity index (χ1v) is 5.62. The Morgan fingerprint density at radius 3 is 2.37 bits per heavy atom. The number of carbonyl (C=O) groups excluding carboxylic acids is 1. The maximum Gasteiger partial charge on any atom is 0.573 e. The maximum absolute atomic E-state index is 12.0. The molecule has 0 radical (unpaired) electrons. The third kappa shape index (κ3) is 4.37. The van der Waals surface area contributed by atoms with Crippen LogP contribution in [-0.4, -0.2) is 28.6 Å². The zero-order valence-electron chi connectivity index (χ0n) is 9.19. The van der Waals surface area contributed by atoms with Gasteiger partial charge in [0.25, 0.3) is 0 Å². The molecule has 0 aliphatic rings. The van der Waals surface area contributed by atoms with E-state index in [4.69, 9.17) is 5.73 Å². The van der Waals surface area contributed by atoms with Gasteiger partial charge in [-0.2, -0.15) is 0 Å². The van der Waals surface area contributed by atoms with Gasteiger partial charge in [0.05, 0.1) is 0 Å². The molecule has 0 bridgehead atoms. The van der Waals surface area contributed by atoms with Gasteiger partial charge in [0, 0.05) is 4.47 Å². The summed E-state index contributed by atoms with van der Waals surface area (Å²) in [6, 6.07) is 2.95. The minimum absolute atomic E-state index is 0.000763. The van der Waals surface area contributed by atoms with Crippen LogP contribution in [0.5, 0.6) is 5.75 Å². The minimum atomic E-state index is -4.84. The molecule has 0 fully saturated rings. The van der Waals surface area contributed by atoms with Crippen LogP contribution < -0.4 is 10.5 Å². The van der Waals surface area contributed by atoms with Gasteiger partial charge < -0.3 is 20.7 Å². The molecule has 0 aromatic heterocycles. The van der Waals surface area contributed by atoms with Gasteiger partial charge in [0.1, 0.15) is 11.9 Å². The number of amides is 1. The maximum atomic E-state index is 12.0. The molecule has 0 saturated heterocycles. The predicted octanol–water partition coefficient (Wildman–Crippen LogP) is 1.23. The summed E-state index contributed by atoms with van der Waals surface area (Å²) in [6.45, 7) is 0. The number of hydrogen-bond donors (Lipinski definition) is 3. The van der Waals surface area contributed by atoms with Crippen LogP contribution in [0.3, 0.4) is 0 Å². The Morgan fingerprint density at radius 1 is 1.37 bits per heavy atom.